The maximum Gasteiger partial charge on any atom is 0.248 e. The number of phenolic OH excluding ortho intramolecular Hbond substituents is 1. The number of hydrogen-bond donors (Lipinski definition) is 16. The first kappa shape index (κ1) is 76.5. The Morgan fingerprint density at radius 1 is 0.758 bits per heavy atom. The number of hydrogen-bond acceptors (Lipinski definition) is 23. The first-order chi connectivity index (χ1) is 45.4. The zero-order valence-corrected chi connectivity index (χ0v) is 54.4. The summed E-state index contributed by atoms with van der Waals surface area (Å²) in [6, 6.07) is -7.46. The van der Waals surface area contributed by atoms with E-state index >= 15 is 4.21 Å². The second-order valence-electron chi connectivity index (χ2n) is 23.8. The highest BCUT2D eigenvalue weighted by Gasteiger charge is 2.45. The fourth-order valence-corrected chi connectivity index (χ4v) is 12.7. The van der Waals surface area contributed by atoms with E-state index in [-0.39, 0.29) is 77.9 Å². The second kappa shape index (κ2) is 38.3. The van der Waals surface area contributed by atoms with Gasteiger partial charge in [0.25, 0.3) is 0 Å². The van der Waals surface area contributed by atoms with Crippen LogP contribution in [-0.4, -0.2) is 270 Å². The minimum atomic E-state index is -2.49. The minimum absolute atomic E-state index is 0.0557. The number of nitrogens with one attached hydrogen (secondary N) is 10. The molecular weight excluding hydrogens is 1270 g/mol. The van der Waals surface area contributed by atoms with Gasteiger partial charge in [0, 0.05) is 55.9 Å². The second-order valence-corrected chi connectivity index (χ2v) is 25.2. The number of primary amides is 1. The molecule has 11 amide bonds. The van der Waals surface area contributed by atoms with E-state index in [0.717, 1.165) is 4.90 Å². The number of carbonyl (C=O) groups is 11. The molecule has 2 aromatic rings. The number of nitrogens with two attached hydrogens (primary N) is 2. The highest BCUT2D eigenvalue weighted by molar-refractivity contribution is 7.85. The largest absolute Gasteiger partial charge is 0.508 e. The van der Waals surface area contributed by atoms with E-state index in [2.05, 4.69) is 62.6 Å². The number of amides is 11. The van der Waals surface area contributed by atoms with Gasteiger partial charge >= 0.3 is 0 Å². The number of nitrogens with zero attached hydrogens (tertiary/aromatic N) is 2. The summed E-state index contributed by atoms with van der Waals surface area (Å²) in [5.74, 6) is -7.99. The number of fused-ring (bicyclic) bond motifs is 5. The predicted molar refractivity (Wildman–Crippen MR) is 334 cm³/mol. The first-order valence-corrected chi connectivity index (χ1v) is 33.0. The van der Waals surface area contributed by atoms with Crippen LogP contribution in [0.5, 0.6) is 5.75 Å². The monoisotopic (exact) mass is 1360 g/mol. The van der Waals surface area contributed by atoms with Crippen molar-refractivity contribution in [3.63, 3.8) is 0 Å². The molecule has 4 aliphatic heterocycles. The Bertz CT molecular complexity index is 3020. The summed E-state index contributed by atoms with van der Waals surface area (Å²) in [5, 5.41) is 66.6. The summed E-state index contributed by atoms with van der Waals surface area (Å²) in [6.07, 6.45) is -2.61. The molecule has 11 atom stereocenters. The minimum Gasteiger partial charge on any atom is -0.508 e. The van der Waals surface area contributed by atoms with Crippen LogP contribution >= 0.6 is 0 Å². The molecule has 95 heavy (non-hydrogen) atoms. The van der Waals surface area contributed by atoms with Crippen LogP contribution in [-0.2, 0) is 100 Å². The number of aromatic hydroxyl groups is 1. The number of aliphatic hydroxyl groups is 3. The highest BCUT2D eigenvalue weighted by atomic mass is 32.2. The zero-order valence-electron chi connectivity index (χ0n) is 53.6. The van der Waals surface area contributed by atoms with Gasteiger partial charge < -0.3 is 103 Å². The van der Waals surface area contributed by atoms with Crippen molar-refractivity contribution in [2.24, 2.45) is 29.4 Å². The molecule has 1 unspecified atom stereocenters. The van der Waals surface area contributed by atoms with E-state index in [9.17, 15) is 73.2 Å². The lowest BCUT2D eigenvalue weighted by Gasteiger charge is -2.32. The lowest BCUT2D eigenvalue weighted by molar-refractivity contribution is -0.144. The Labute approximate surface area is 550 Å². The van der Waals surface area contributed by atoms with Crippen LogP contribution in [0.15, 0.2) is 17.2 Å². The predicted octanol–water partition coefficient (Wildman–Crippen LogP) is -7.13. The lowest BCUT2D eigenvalue weighted by atomic mass is 9.93. The van der Waals surface area contributed by atoms with Gasteiger partial charge in [0.2, 0.25) is 65.0 Å². The molecule has 2 saturated heterocycles. The van der Waals surface area contributed by atoms with Gasteiger partial charge in [-0.05, 0) is 61.9 Å². The van der Waals surface area contributed by atoms with E-state index in [4.69, 9.17) is 30.6 Å². The number of H-pyrrole nitrogens is 1. The quantitative estimate of drug-likeness (QED) is 0.0278. The number of carbonyl (C=O) groups excluding carboxylic acids is 11. The van der Waals surface area contributed by atoms with E-state index in [1.54, 1.807) is 13.8 Å². The number of ether oxygens (including phenoxy) is 4. The first-order valence-electron chi connectivity index (χ1n) is 31.7. The SMILES string of the molecule is CC[C@H](C)[C@@H]1NC(=O)CNC(=O)[C@H]2Cc3c([nH]c4c(CN5CCC(CCNC(=O)COCCOCCOCCOCCNC(=O)CON)CC5)c(O)ccc34)S(=O)C[C@@H](NC(=O)CNC1=O)C(=O)N[C@@H](CC(N)=O)C(=O)N1C[C@H](O)C[C@H]1C(=O)N[C@@H]([C@H](C)[C@H](O)CO)C(=O)N2. The van der Waals surface area contributed by atoms with Gasteiger partial charge in [-0.15, -0.1) is 0 Å². The Kier molecular flexibility index (Phi) is 30.8. The third-order valence-corrected chi connectivity index (χ3v) is 18.3. The maximum atomic E-state index is 15.3. The highest BCUT2D eigenvalue weighted by Crippen LogP contribution is 2.35. The van der Waals surface area contributed by atoms with Crippen LogP contribution in [0.25, 0.3) is 10.9 Å². The Morgan fingerprint density at radius 3 is 2.04 bits per heavy atom. The molecule has 2 fully saturated rings. The maximum absolute atomic E-state index is 15.3. The fraction of sp³-hybridized carbons (Fsp3) is 0.678. The number of phenols is 1. The number of benzene rings is 1. The lowest BCUT2D eigenvalue weighted by Crippen LogP contribution is -2.62. The van der Waals surface area contributed by atoms with E-state index < -0.39 is 176 Å². The molecule has 2 bridgehead atoms. The van der Waals surface area contributed by atoms with Gasteiger partial charge in [0.1, 0.15) is 60.2 Å². The number of aromatic amines is 1. The van der Waals surface area contributed by atoms with Crippen molar-refractivity contribution in [3.8, 4) is 5.75 Å². The van der Waals surface area contributed by atoms with Crippen molar-refractivity contribution < 1.29 is 101 Å². The Morgan fingerprint density at radius 2 is 1.39 bits per heavy atom. The summed E-state index contributed by atoms with van der Waals surface area (Å²) < 4.78 is 37.1. The Balaban J connectivity index is 1.24. The molecule has 1 aromatic carbocycles. The van der Waals surface area contributed by atoms with Crippen LogP contribution in [0.2, 0.25) is 0 Å². The van der Waals surface area contributed by atoms with E-state index in [1.807, 2.05) is 0 Å². The fourth-order valence-electron chi connectivity index (χ4n) is 11.3. The Hall–Kier alpha value is -7.52. The van der Waals surface area contributed by atoms with Crippen LogP contribution < -0.4 is 59.5 Å². The van der Waals surface area contributed by atoms with Gasteiger partial charge in [-0.25, -0.2) is 5.90 Å². The molecule has 530 valence electrons. The molecule has 1 aromatic heterocycles. The summed E-state index contributed by atoms with van der Waals surface area (Å²) >= 11 is 0. The van der Waals surface area contributed by atoms with Crippen molar-refractivity contribution in [2.45, 2.75) is 126 Å². The van der Waals surface area contributed by atoms with Crippen LogP contribution in [0.3, 0.4) is 0 Å². The molecule has 36 heteroatoms. The van der Waals surface area contributed by atoms with Crippen LogP contribution in [0, 0.1) is 17.8 Å². The molecule has 0 spiro atoms. The number of aromatic nitrogens is 1. The molecule has 0 saturated carbocycles. The standard InChI is InChI=1S/C59H92N14O21S/c1-4-32(2)50-56(86)65-24-46(79)66-41-31-95(89)58-37(22-39(53(83)64-25-47(80)69-50)67-57(87)51(33(3)44(77)28-74)70-55(85)42-21-35(75)26-73(42)59(88)40(23-45(60)78)68-54(41)84)36-5-6-43(76)38(52(36)71-58)27-72-12-8-34(9-13-72)7-10-62-48(81)29-93-20-19-92-18-17-91-16-15-90-14-11-63-49(82)30-94-61/h5-6,32-35,39-42,44,50-51,71,74-77H,4,7-31,61H2,1-3H3,(H2,60,78)(H,62,81)(H,63,82)(H,64,83)(H,65,86)(H,66,79)(H,67,87)(H,68,84)(H,69,80)(H,70,85)/t32-,33+,35+,39+,40-,41+,42-,44+,50-,51-,95?/m0/s1. The van der Waals surface area contributed by atoms with Crippen molar-refractivity contribution >= 4 is 86.7 Å². The zero-order chi connectivity index (χ0) is 69.3. The van der Waals surface area contributed by atoms with E-state index in [0.29, 0.717) is 90.5 Å². The summed E-state index contributed by atoms with van der Waals surface area (Å²) in [7, 11) is -2.49. The van der Waals surface area contributed by atoms with Crippen LogP contribution in [0.1, 0.15) is 70.4 Å². The normalized spacial score (nSPS) is 24.3. The van der Waals surface area contributed by atoms with Gasteiger partial charge in [-0.3, -0.25) is 66.7 Å². The summed E-state index contributed by atoms with van der Waals surface area (Å²) in [6.45, 7) is 5.06. The summed E-state index contributed by atoms with van der Waals surface area (Å²) in [4.78, 5) is 161. The van der Waals surface area contributed by atoms with Crippen LogP contribution in [0.4, 0.5) is 0 Å². The molecule has 0 radical (unpaired) electrons. The summed E-state index contributed by atoms with van der Waals surface area (Å²) in [5.41, 5.74) is 6.16. The molecule has 6 rings (SSSR count). The average Bonchev–Trinajstić information content (AvgIpc) is 1.63. The number of likely N-dealkylation sites (tertiary alicyclic amines) is 1. The third-order valence-electron chi connectivity index (χ3n) is 16.9. The number of piperidine rings is 1. The van der Waals surface area contributed by atoms with Gasteiger partial charge in [0.15, 0.2) is 0 Å². The molecular formula is C59H92N14O21S. The number of aliphatic hydroxyl groups excluding tert-OH is 3. The van der Waals surface area contributed by atoms with Crippen molar-refractivity contribution in [2.75, 3.05) is 118 Å². The van der Waals surface area contributed by atoms with Gasteiger partial charge in [-0.1, -0.05) is 27.2 Å². The van der Waals surface area contributed by atoms with Crippen molar-refractivity contribution in [1.82, 2.24) is 62.6 Å². The molecule has 4 aliphatic rings. The average molecular weight is 1370 g/mol. The third kappa shape index (κ3) is 23.1. The molecule has 18 N–H and O–H groups in total. The van der Waals surface area contributed by atoms with E-state index in [1.165, 1.54) is 19.1 Å². The van der Waals surface area contributed by atoms with Crippen molar-refractivity contribution in [1.29, 1.82) is 0 Å². The molecule has 5 heterocycles. The van der Waals surface area contributed by atoms with Gasteiger partial charge in [0.05, 0.1) is 107 Å². The molecule has 35 nitrogen and oxygen atoms in total. The topological polar surface area (TPSA) is 514 Å². The number of rotatable bonds is 28. The smallest absolute Gasteiger partial charge is 0.248 e. The van der Waals surface area contributed by atoms with Gasteiger partial charge in [-0.2, -0.15) is 0 Å². The molecule has 0 aliphatic carbocycles. The van der Waals surface area contributed by atoms with Crippen molar-refractivity contribution in [3.05, 3.63) is 23.3 Å².